The Labute approximate surface area is 201 Å². The van der Waals surface area contributed by atoms with Crippen LogP contribution in [0.1, 0.15) is 32.6 Å². The summed E-state index contributed by atoms with van der Waals surface area (Å²) >= 11 is 0. The molecule has 0 saturated carbocycles. The monoisotopic (exact) mass is 482 g/mol. The molecule has 10 heteroatoms. The fourth-order valence-corrected chi connectivity index (χ4v) is 5.29. The number of anilines is 1. The average molecular weight is 483 g/mol. The number of pyridine rings is 1. The number of phenols is 1. The van der Waals surface area contributed by atoms with Crippen LogP contribution in [0.2, 0.25) is 0 Å². The SMILES string of the molecule is CN(c1cnc(-c2ccc(-c3cc(F)n(C)c(=O)c3)cc2O)nn1)[C@H]1C[C@]2(C)CCC[C@H](N2)[C@H]1F. The Morgan fingerprint density at radius 3 is 2.71 bits per heavy atom. The first-order valence-corrected chi connectivity index (χ1v) is 11.7. The predicted octanol–water partition coefficient (Wildman–Crippen LogP) is 3.20. The van der Waals surface area contributed by atoms with Crippen molar-refractivity contribution in [2.45, 2.75) is 56.4 Å². The minimum atomic E-state index is -1.02. The molecule has 8 nitrogen and oxygen atoms in total. The van der Waals surface area contributed by atoms with Gasteiger partial charge in [-0.1, -0.05) is 6.07 Å². The van der Waals surface area contributed by atoms with E-state index in [0.29, 0.717) is 28.9 Å². The summed E-state index contributed by atoms with van der Waals surface area (Å²) in [7, 11) is 3.15. The number of hydrogen-bond acceptors (Lipinski definition) is 7. The van der Waals surface area contributed by atoms with E-state index in [2.05, 4.69) is 27.4 Å². The molecule has 0 amide bonds. The maximum atomic E-state index is 15.2. The Morgan fingerprint density at radius 2 is 2.03 bits per heavy atom. The van der Waals surface area contributed by atoms with E-state index in [-0.39, 0.29) is 29.2 Å². The highest BCUT2D eigenvalue weighted by molar-refractivity contribution is 5.72. The zero-order valence-corrected chi connectivity index (χ0v) is 19.9. The smallest absolute Gasteiger partial charge is 0.253 e. The Bertz CT molecular complexity index is 1310. The van der Waals surface area contributed by atoms with Crippen LogP contribution in [0.15, 0.2) is 41.3 Å². The molecule has 2 aromatic heterocycles. The average Bonchev–Trinajstić information content (AvgIpc) is 2.84. The van der Waals surface area contributed by atoms with Gasteiger partial charge in [-0.2, -0.15) is 4.39 Å². The van der Waals surface area contributed by atoms with Crippen LogP contribution in [-0.2, 0) is 7.05 Å². The van der Waals surface area contributed by atoms with Gasteiger partial charge in [-0.3, -0.25) is 9.36 Å². The van der Waals surface area contributed by atoms with Gasteiger partial charge in [-0.25, -0.2) is 9.37 Å². The van der Waals surface area contributed by atoms with Crippen molar-refractivity contribution in [2.75, 3.05) is 11.9 Å². The van der Waals surface area contributed by atoms with Gasteiger partial charge in [0.2, 0.25) is 0 Å². The van der Waals surface area contributed by atoms with Crippen LogP contribution in [0.3, 0.4) is 0 Å². The molecular weight excluding hydrogens is 454 g/mol. The minimum absolute atomic E-state index is 0.0926. The lowest BCUT2D eigenvalue weighted by Gasteiger charge is -2.51. The number of nitrogens with zero attached hydrogens (tertiary/aromatic N) is 5. The van der Waals surface area contributed by atoms with E-state index in [0.717, 1.165) is 23.8 Å². The number of alkyl halides is 1. The van der Waals surface area contributed by atoms with Gasteiger partial charge in [0.25, 0.3) is 5.56 Å². The molecule has 5 rings (SSSR count). The number of benzene rings is 1. The number of nitrogens with one attached hydrogen (secondary N) is 1. The van der Waals surface area contributed by atoms with Crippen LogP contribution < -0.4 is 15.8 Å². The number of fused-ring (bicyclic) bond motifs is 2. The standard InChI is InChI=1S/C25H28F2N6O2/c1-25-8-4-5-17(29-25)23(27)18(12-25)32(2)21-13-28-24(31-30-21)16-7-6-14(9-19(16)34)15-10-20(26)33(3)22(35)11-15/h6-7,9-11,13,17-18,23,29,34H,4-5,8,12H2,1-3H3/t17-,18-,23+,25-/m0/s1. The van der Waals surface area contributed by atoms with Crippen molar-refractivity contribution in [2.24, 2.45) is 7.05 Å². The lowest BCUT2D eigenvalue weighted by Crippen LogP contribution is -2.66. The van der Waals surface area contributed by atoms with Crippen molar-refractivity contribution in [3.05, 3.63) is 52.8 Å². The molecule has 0 spiro atoms. The first-order valence-electron chi connectivity index (χ1n) is 11.7. The quantitative estimate of drug-likeness (QED) is 0.552. The van der Waals surface area contributed by atoms with Gasteiger partial charge in [0, 0.05) is 31.7 Å². The topological polar surface area (TPSA) is 96.2 Å². The fourth-order valence-electron chi connectivity index (χ4n) is 5.29. The predicted molar refractivity (Wildman–Crippen MR) is 128 cm³/mol. The van der Waals surface area contributed by atoms with Crippen LogP contribution in [0.25, 0.3) is 22.5 Å². The molecule has 2 N–H and O–H groups in total. The van der Waals surface area contributed by atoms with Crippen LogP contribution >= 0.6 is 0 Å². The fraction of sp³-hybridized carbons (Fsp3) is 0.440. The van der Waals surface area contributed by atoms with Crippen molar-refractivity contribution in [1.82, 2.24) is 25.1 Å². The maximum absolute atomic E-state index is 15.2. The first kappa shape index (κ1) is 23.3. The van der Waals surface area contributed by atoms with E-state index in [1.54, 1.807) is 17.0 Å². The van der Waals surface area contributed by atoms with Gasteiger partial charge in [-0.05, 0) is 61.9 Å². The van der Waals surface area contributed by atoms with Crippen LogP contribution in [0, 0.1) is 5.95 Å². The summed E-state index contributed by atoms with van der Waals surface area (Å²) in [5.74, 6) is -0.149. The van der Waals surface area contributed by atoms with E-state index in [1.807, 2.05) is 7.05 Å². The third-order valence-corrected chi connectivity index (χ3v) is 7.37. The summed E-state index contributed by atoms with van der Waals surface area (Å²) in [6.45, 7) is 2.15. The third kappa shape index (κ3) is 4.27. The van der Waals surface area contributed by atoms with Gasteiger partial charge in [0.1, 0.15) is 11.9 Å². The number of phenolic OH excluding ortho intramolecular Hbond substituents is 1. The highest BCUT2D eigenvalue weighted by Crippen LogP contribution is 2.38. The van der Waals surface area contributed by atoms with E-state index >= 15 is 4.39 Å². The maximum Gasteiger partial charge on any atom is 0.253 e. The lowest BCUT2D eigenvalue weighted by molar-refractivity contribution is 0.0607. The minimum Gasteiger partial charge on any atom is -0.507 e. The zero-order valence-electron chi connectivity index (χ0n) is 19.9. The summed E-state index contributed by atoms with van der Waals surface area (Å²) < 4.78 is 30.1. The van der Waals surface area contributed by atoms with Crippen LogP contribution in [0.4, 0.5) is 14.6 Å². The van der Waals surface area contributed by atoms with Crippen molar-refractivity contribution < 1.29 is 13.9 Å². The zero-order chi connectivity index (χ0) is 24.9. The molecule has 0 aliphatic carbocycles. The molecule has 2 aliphatic rings. The summed E-state index contributed by atoms with van der Waals surface area (Å²) in [5.41, 5.74) is 0.588. The second-order valence-electron chi connectivity index (χ2n) is 9.87. The molecule has 2 fully saturated rings. The Balaban J connectivity index is 1.37. The van der Waals surface area contributed by atoms with Gasteiger partial charge in [-0.15, -0.1) is 10.2 Å². The Hall–Kier alpha value is -3.40. The van der Waals surface area contributed by atoms with Crippen molar-refractivity contribution in [3.63, 3.8) is 0 Å². The summed E-state index contributed by atoms with van der Waals surface area (Å²) in [4.78, 5) is 18.1. The molecular formula is C25H28F2N6O2. The molecule has 2 saturated heterocycles. The van der Waals surface area contributed by atoms with Crippen molar-refractivity contribution in [1.29, 1.82) is 0 Å². The highest BCUT2D eigenvalue weighted by atomic mass is 19.1. The summed E-state index contributed by atoms with van der Waals surface area (Å²) in [5, 5.41) is 22.5. The van der Waals surface area contributed by atoms with Crippen molar-refractivity contribution >= 4 is 5.82 Å². The van der Waals surface area contributed by atoms with E-state index < -0.39 is 17.7 Å². The number of piperidine rings is 2. The molecule has 2 aliphatic heterocycles. The number of aromatic hydroxyl groups is 1. The Morgan fingerprint density at radius 1 is 1.23 bits per heavy atom. The largest absolute Gasteiger partial charge is 0.507 e. The van der Waals surface area contributed by atoms with Crippen molar-refractivity contribution in [3.8, 4) is 28.3 Å². The summed E-state index contributed by atoms with van der Waals surface area (Å²) in [6, 6.07) is 6.69. The van der Waals surface area contributed by atoms with Crippen LogP contribution in [-0.4, -0.2) is 55.7 Å². The molecule has 35 heavy (non-hydrogen) atoms. The number of rotatable bonds is 4. The molecule has 0 unspecified atom stereocenters. The molecule has 2 bridgehead atoms. The van der Waals surface area contributed by atoms with Gasteiger partial charge in [0.15, 0.2) is 17.6 Å². The van der Waals surface area contributed by atoms with E-state index in [9.17, 15) is 14.3 Å². The van der Waals surface area contributed by atoms with E-state index in [1.165, 1.54) is 31.4 Å². The molecule has 4 atom stereocenters. The number of halogens is 2. The second kappa shape index (κ2) is 8.67. The third-order valence-electron chi connectivity index (χ3n) is 7.37. The molecule has 0 radical (unpaired) electrons. The lowest BCUT2D eigenvalue weighted by atomic mass is 9.74. The van der Waals surface area contributed by atoms with Gasteiger partial charge < -0.3 is 15.3 Å². The van der Waals surface area contributed by atoms with Gasteiger partial charge >= 0.3 is 0 Å². The highest BCUT2D eigenvalue weighted by Gasteiger charge is 2.47. The molecule has 1 aromatic carbocycles. The molecule has 184 valence electrons. The number of aromatic nitrogens is 4. The van der Waals surface area contributed by atoms with E-state index in [4.69, 9.17) is 0 Å². The molecule has 4 heterocycles. The second-order valence-corrected chi connectivity index (χ2v) is 9.87. The summed E-state index contributed by atoms with van der Waals surface area (Å²) in [6.07, 6.45) is 4.03. The van der Waals surface area contributed by atoms with Crippen LogP contribution in [0.5, 0.6) is 5.75 Å². The molecule has 3 aromatic rings. The first-order chi connectivity index (χ1) is 16.6. The van der Waals surface area contributed by atoms with Gasteiger partial charge in [0.05, 0.1) is 17.8 Å². The normalized spacial score (nSPS) is 25.9. The Kier molecular flexibility index (Phi) is 5.79. The number of hydrogen-bond donors (Lipinski definition) is 2.